The van der Waals surface area contributed by atoms with E-state index >= 15 is 0 Å². The van der Waals surface area contributed by atoms with Crippen LogP contribution in [0.15, 0.2) is 71.2 Å². The molecule has 0 radical (unpaired) electrons. The summed E-state index contributed by atoms with van der Waals surface area (Å²) >= 11 is 3.35. The van der Waals surface area contributed by atoms with E-state index in [1.54, 1.807) is 60.7 Å². The Labute approximate surface area is 169 Å². The fraction of sp³-hybridized carbons (Fsp3) is 0.0476. The lowest BCUT2D eigenvalue weighted by molar-refractivity contribution is 0.102. The number of ether oxygens (including phenoxy) is 2. The molecule has 0 fully saturated rings. The number of anilines is 2. The zero-order valence-corrected chi connectivity index (χ0v) is 16.2. The van der Waals surface area contributed by atoms with Gasteiger partial charge in [0.15, 0.2) is 11.5 Å². The van der Waals surface area contributed by atoms with Gasteiger partial charge in [-0.05, 0) is 42.5 Å². The minimum atomic E-state index is -0.344. The van der Waals surface area contributed by atoms with E-state index in [1.807, 2.05) is 6.07 Å². The Morgan fingerprint density at radius 3 is 2.50 bits per heavy atom. The number of carbonyl (C=O) groups excluding carboxylic acids is 2. The molecule has 0 unspecified atom stereocenters. The lowest BCUT2D eigenvalue weighted by atomic mass is 10.1. The Bertz CT molecular complexity index is 1070. The van der Waals surface area contributed by atoms with Gasteiger partial charge in [0, 0.05) is 21.8 Å². The van der Waals surface area contributed by atoms with E-state index in [-0.39, 0.29) is 18.6 Å². The van der Waals surface area contributed by atoms with Crippen LogP contribution in [-0.2, 0) is 0 Å². The van der Waals surface area contributed by atoms with Crippen LogP contribution >= 0.6 is 15.9 Å². The zero-order valence-electron chi connectivity index (χ0n) is 14.6. The van der Waals surface area contributed by atoms with E-state index in [0.29, 0.717) is 34.0 Å². The van der Waals surface area contributed by atoms with Crippen LogP contribution in [-0.4, -0.2) is 18.6 Å². The van der Waals surface area contributed by atoms with E-state index in [4.69, 9.17) is 9.47 Å². The zero-order chi connectivity index (χ0) is 19.5. The first-order valence-corrected chi connectivity index (χ1v) is 9.26. The van der Waals surface area contributed by atoms with Gasteiger partial charge in [-0.1, -0.05) is 34.1 Å². The molecule has 3 aromatic rings. The Balaban J connectivity index is 1.53. The number of benzene rings is 3. The van der Waals surface area contributed by atoms with Crippen molar-refractivity contribution >= 4 is 39.1 Å². The Morgan fingerprint density at radius 1 is 0.821 bits per heavy atom. The van der Waals surface area contributed by atoms with Crippen molar-refractivity contribution in [3.63, 3.8) is 0 Å². The summed E-state index contributed by atoms with van der Waals surface area (Å²) in [6.07, 6.45) is 0. The predicted molar refractivity (Wildman–Crippen MR) is 109 cm³/mol. The summed E-state index contributed by atoms with van der Waals surface area (Å²) in [5, 5.41) is 5.61. The number of fused-ring (bicyclic) bond motifs is 1. The summed E-state index contributed by atoms with van der Waals surface area (Å²) in [5.74, 6) is 0.572. The number of rotatable bonds is 4. The first-order valence-electron chi connectivity index (χ1n) is 8.47. The summed E-state index contributed by atoms with van der Waals surface area (Å²) < 4.78 is 11.4. The molecule has 0 aliphatic carbocycles. The van der Waals surface area contributed by atoms with Gasteiger partial charge in [0.05, 0.1) is 11.3 Å². The third-order valence-electron chi connectivity index (χ3n) is 4.14. The number of halogens is 1. The maximum absolute atomic E-state index is 12.8. The van der Waals surface area contributed by atoms with Gasteiger partial charge in [-0.25, -0.2) is 0 Å². The summed E-state index contributed by atoms with van der Waals surface area (Å²) in [6, 6.07) is 19.0. The van der Waals surface area contributed by atoms with Crippen LogP contribution in [0.2, 0.25) is 0 Å². The number of para-hydroxylation sites is 1. The lowest BCUT2D eigenvalue weighted by Crippen LogP contribution is -2.18. The Hall–Kier alpha value is -3.32. The standard InChI is InChI=1S/C21H15BrN2O4/c22-14-5-3-4-13(10-14)20(25)24-17-7-2-1-6-16(17)21(26)23-15-8-9-18-19(11-15)28-12-27-18/h1-11H,12H2,(H,23,26)(H,24,25). The minimum Gasteiger partial charge on any atom is -0.454 e. The summed E-state index contributed by atoms with van der Waals surface area (Å²) in [7, 11) is 0. The van der Waals surface area contributed by atoms with Gasteiger partial charge in [-0.2, -0.15) is 0 Å². The van der Waals surface area contributed by atoms with E-state index in [2.05, 4.69) is 26.6 Å². The maximum atomic E-state index is 12.8. The average molecular weight is 439 g/mol. The van der Waals surface area contributed by atoms with Gasteiger partial charge in [0.25, 0.3) is 11.8 Å². The highest BCUT2D eigenvalue weighted by Gasteiger charge is 2.17. The molecule has 3 aromatic carbocycles. The van der Waals surface area contributed by atoms with Crippen molar-refractivity contribution in [3.8, 4) is 11.5 Å². The van der Waals surface area contributed by atoms with Crippen LogP contribution in [0, 0.1) is 0 Å². The number of amides is 2. The second kappa shape index (κ2) is 7.74. The molecule has 7 heteroatoms. The molecule has 28 heavy (non-hydrogen) atoms. The molecule has 6 nitrogen and oxygen atoms in total. The monoisotopic (exact) mass is 438 g/mol. The highest BCUT2D eigenvalue weighted by atomic mass is 79.9. The predicted octanol–water partition coefficient (Wildman–Crippen LogP) is 4.68. The van der Waals surface area contributed by atoms with Gasteiger partial charge >= 0.3 is 0 Å². The first kappa shape index (κ1) is 18.1. The normalized spacial score (nSPS) is 11.8. The number of hydrogen-bond acceptors (Lipinski definition) is 4. The third kappa shape index (κ3) is 3.84. The van der Waals surface area contributed by atoms with E-state index in [9.17, 15) is 9.59 Å². The van der Waals surface area contributed by atoms with Gasteiger partial charge < -0.3 is 20.1 Å². The molecule has 4 rings (SSSR count). The van der Waals surface area contributed by atoms with Crippen molar-refractivity contribution in [1.29, 1.82) is 0 Å². The fourth-order valence-corrected chi connectivity index (χ4v) is 3.19. The molecule has 1 heterocycles. The topological polar surface area (TPSA) is 76.7 Å². The molecule has 0 bridgehead atoms. The molecule has 0 atom stereocenters. The van der Waals surface area contributed by atoms with E-state index in [1.165, 1.54) is 0 Å². The number of hydrogen-bond donors (Lipinski definition) is 2. The van der Waals surface area contributed by atoms with E-state index < -0.39 is 0 Å². The van der Waals surface area contributed by atoms with Crippen molar-refractivity contribution in [2.24, 2.45) is 0 Å². The number of nitrogens with one attached hydrogen (secondary N) is 2. The van der Waals surface area contributed by atoms with Crippen LogP contribution in [0.3, 0.4) is 0 Å². The lowest BCUT2D eigenvalue weighted by Gasteiger charge is -2.12. The molecule has 0 spiro atoms. The largest absolute Gasteiger partial charge is 0.454 e. The van der Waals surface area contributed by atoms with Gasteiger partial charge in [-0.3, -0.25) is 9.59 Å². The fourth-order valence-electron chi connectivity index (χ4n) is 2.79. The maximum Gasteiger partial charge on any atom is 0.257 e. The van der Waals surface area contributed by atoms with Gasteiger partial charge in [-0.15, -0.1) is 0 Å². The molecule has 1 aliphatic heterocycles. The highest BCUT2D eigenvalue weighted by Crippen LogP contribution is 2.34. The molecule has 0 saturated heterocycles. The third-order valence-corrected chi connectivity index (χ3v) is 4.63. The molecular formula is C21H15BrN2O4. The van der Waals surface area contributed by atoms with E-state index in [0.717, 1.165) is 4.47 Å². The smallest absolute Gasteiger partial charge is 0.257 e. The number of carbonyl (C=O) groups is 2. The molecule has 2 N–H and O–H groups in total. The quantitative estimate of drug-likeness (QED) is 0.619. The summed E-state index contributed by atoms with van der Waals surface area (Å²) in [6.45, 7) is 0.164. The Morgan fingerprint density at radius 2 is 1.64 bits per heavy atom. The van der Waals surface area contributed by atoms with Crippen molar-refractivity contribution < 1.29 is 19.1 Å². The summed E-state index contributed by atoms with van der Waals surface area (Å²) in [4.78, 5) is 25.3. The molecule has 2 amide bonds. The van der Waals surface area contributed by atoms with Crippen molar-refractivity contribution in [2.75, 3.05) is 17.4 Å². The average Bonchev–Trinajstić information content (AvgIpc) is 3.16. The molecule has 1 aliphatic rings. The molecular weight excluding hydrogens is 424 g/mol. The highest BCUT2D eigenvalue weighted by molar-refractivity contribution is 9.10. The van der Waals surface area contributed by atoms with Crippen LogP contribution in [0.1, 0.15) is 20.7 Å². The minimum absolute atomic E-state index is 0.164. The van der Waals surface area contributed by atoms with Gasteiger partial charge in [0.1, 0.15) is 0 Å². The second-order valence-electron chi connectivity index (χ2n) is 6.03. The summed E-state index contributed by atoms with van der Waals surface area (Å²) in [5.41, 5.74) is 1.83. The molecule has 0 aromatic heterocycles. The second-order valence-corrected chi connectivity index (χ2v) is 6.95. The molecule has 140 valence electrons. The van der Waals surface area contributed by atoms with Gasteiger partial charge in [0.2, 0.25) is 6.79 Å². The molecule has 0 saturated carbocycles. The van der Waals surface area contributed by atoms with Crippen molar-refractivity contribution in [1.82, 2.24) is 0 Å². The first-order chi connectivity index (χ1) is 13.6. The Kier molecular flexibility index (Phi) is 4.99. The van der Waals surface area contributed by atoms with Crippen LogP contribution in [0.25, 0.3) is 0 Å². The van der Waals surface area contributed by atoms with Crippen LogP contribution in [0.5, 0.6) is 11.5 Å². The van der Waals surface area contributed by atoms with Crippen LogP contribution in [0.4, 0.5) is 11.4 Å². The van der Waals surface area contributed by atoms with Crippen molar-refractivity contribution in [3.05, 3.63) is 82.3 Å². The van der Waals surface area contributed by atoms with Crippen molar-refractivity contribution in [2.45, 2.75) is 0 Å². The SMILES string of the molecule is O=C(Nc1ccccc1C(=O)Nc1ccc2c(c1)OCO2)c1cccc(Br)c1. The van der Waals surface area contributed by atoms with Crippen LogP contribution < -0.4 is 20.1 Å².